The average Bonchev–Trinajstić information content (AvgIpc) is 2.96. The average molecular weight is 252 g/mol. The number of nitrogens with zero attached hydrogens (tertiary/aromatic N) is 2. The van der Waals surface area contributed by atoms with Crippen LogP contribution in [0.3, 0.4) is 0 Å². The molecule has 1 unspecified atom stereocenters. The van der Waals surface area contributed by atoms with E-state index in [1.807, 2.05) is 0 Å². The van der Waals surface area contributed by atoms with Crippen LogP contribution in [-0.4, -0.2) is 47.6 Å². The van der Waals surface area contributed by atoms with Crippen molar-refractivity contribution in [1.29, 1.82) is 0 Å². The van der Waals surface area contributed by atoms with Crippen LogP contribution in [0.15, 0.2) is 0 Å². The van der Waals surface area contributed by atoms with Crippen LogP contribution in [0.1, 0.15) is 65.7 Å². The molecule has 106 valence electrons. The highest BCUT2D eigenvalue weighted by atomic mass is 15.3. The van der Waals surface area contributed by atoms with E-state index in [-0.39, 0.29) is 0 Å². The zero-order chi connectivity index (χ0) is 13.0. The summed E-state index contributed by atoms with van der Waals surface area (Å²) in [6, 6.07) is 0.810. The van der Waals surface area contributed by atoms with Crippen molar-refractivity contribution in [3.63, 3.8) is 0 Å². The minimum atomic E-state index is 0.465. The maximum atomic E-state index is 2.84. The van der Waals surface area contributed by atoms with Gasteiger partial charge in [0.25, 0.3) is 0 Å². The molecule has 0 aromatic heterocycles. The fourth-order valence-corrected chi connectivity index (χ4v) is 4.52. The number of likely N-dealkylation sites (tertiary alicyclic amines) is 2. The highest BCUT2D eigenvalue weighted by Crippen LogP contribution is 2.37. The van der Waals surface area contributed by atoms with Crippen LogP contribution >= 0.6 is 0 Å². The summed E-state index contributed by atoms with van der Waals surface area (Å²) in [5.41, 5.74) is 0.465. The molecule has 0 bridgehead atoms. The molecule has 2 aliphatic rings. The Kier molecular flexibility index (Phi) is 5.08. The van der Waals surface area contributed by atoms with Crippen molar-refractivity contribution in [2.24, 2.45) is 0 Å². The van der Waals surface area contributed by atoms with E-state index >= 15 is 0 Å². The van der Waals surface area contributed by atoms with Crippen molar-refractivity contribution in [3.8, 4) is 0 Å². The number of hydrogen-bond donors (Lipinski definition) is 0. The molecule has 0 aliphatic carbocycles. The molecule has 0 radical (unpaired) electrons. The first-order valence-corrected chi connectivity index (χ1v) is 8.27. The van der Waals surface area contributed by atoms with Crippen molar-refractivity contribution in [1.82, 2.24) is 9.80 Å². The SMILES string of the molecule is CCN1CCCCC1C(CC)(CC)N1CCCC1. The Labute approximate surface area is 114 Å². The van der Waals surface area contributed by atoms with Gasteiger partial charge in [-0.25, -0.2) is 0 Å². The molecule has 0 aromatic rings. The molecule has 0 saturated carbocycles. The molecular formula is C16H32N2. The van der Waals surface area contributed by atoms with E-state index in [4.69, 9.17) is 0 Å². The summed E-state index contributed by atoms with van der Waals surface area (Å²) in [4.78, 5) is 5.61. The van der Waals surface area contributed by atoms with E-state index < -0.39 is 0 Å². The lowest BCUT2D eigenvalue weighted by atomic mass is 9.78. The molecule has 2 nitrogen and oxygen atoms in total. The molecule has 0 N–H and O–H groups in total. The van der Waals surface area contributed by atoms with Gasteiger partial charge in [-0.05, 0) is 64.7 Å². The summed E-state index contributed by atoms with van der Waals surface area (Å²) in [5, 5.41) is 0. The zero-order valence-corrected chi connectivity index (χ0v) is 12.7. The first-order chi connectivity index (χ1) is 8.78. The minimum absolute atomic E-state index is 0.465. The van der Waals surface area contributed by atoms with Gasteiger partial charge < -0.3 is 0 Å². The predicted octanol–water partition coefficient (Wildman–Crippen LogP) is 3.52. The molecule has 2 rings (SSSR count). The van der Waals surface area contributed by atoms with Gasteiger partial charge in [0.05, 0.1) is 0 Å². The zero-order valence-electron chi connectivity index (χ0n) is 12.7. The first kappa shape index (κ1) is 14.3. The number of likely N-dealkylation sites (N-methyl/N-ethyl adjacent to an activating group) is 1. The summed E-state index contributed by atoms with van der Waals surface area (Å²) in [6.45, 7) is 12.4. The summed E-state index contributed by atoms with van der Waals surface area (Å²) in [7, 11) is 0. The Morgan fingerprint density at radius 3 is 2.06 bits per heavy atom. The third-order valence-corrected chi connectivity index (χ3v) is 5.60. The Morgan fingerprint density at radius 2 is 1.50 bits per heavy atom. The lowest BCUT2D eigenvalue weighted by Gasteiger charge is -2.52. The molecule has 0 aromatic carbocycles. The monoisotopic (exact) mass is 252 g/mol. The van der Waals surface area contributed by atoms with Gasteiger partial charge in [-0.3, -0.25) is 9.80 Å². The van der Waals surface area contributed by atoms with E-state index in [9.17, 15) is 0 Å². The summed E-state index contributed by atoms with van der Waals surface area (Å²) in [5.74, 6) is 0. The van der Waals surface area contributed by atoms with E-state index in [1.165, 1.54) is 71.1 Å². The second-order valence-electron chi connectivity index (χ2n) is 6.15. The first-order valence-electron chi connectivity index (χ1n) is 8.27. The molecule has 2 heteroatoms. The van der Waals surface area contributed by atoms with Gasteiger partial charge in [0, 0.05) is 11.6 Å². The molecular weight excluding hydrogens is 220 g/mol. The molecule has 2 saturated heterocycles. The van der Waals surface area contributed by atoms with Crippen molar-refractivity contribution < 1.29 is 0 Å². The Morgan fingerprint density at radius 1 is 0.889 bits per heavy atom. The van der Waals surface area contributed by atoms with Crippen molar-refractivity contribution >= 4 is 0 Å². The van der Waals surface area contributed by atoms with Gasteiger partial charge in [0.15, 0.2) is 0 Å². The lowest BCUT2D eigenvalue weighted by Crippen LogP contribution is -2.62. The highest BCUT2D eigenvalue weighted by Gasteiger charge is 2.44. The molecule has 1 atom stereocenters. The molecule has 18 heavy (non-hydrogen) atoms. The molecule has 0 amide bonds. The largest absolute Gasteiger partial charge is 0.299 e. The van der Waals surface area contributed by atoms with Crippen molar-refractivity contribution in [3.05, 3.63) is 0 Å². The van der Waals surface area contributed by atoms with Gasteiger partial charge in [0.1, 0.15) is 0 Å². The Balaban J connectivity index is 2.20. The second kappa shape index (κ2) is 6.38. The minimum Gasteiger partial charge on any atom is -0.299 e. The second-order valence-corrected chi connectivity index (χ2v) is 6.15. The number of rotatable bonds is 5. The van der Waals surface area contributed by atoms with Gasteiger partial charge in [-0.1, -0.05) is 27.2 Å². The standard InChI is InChI=1S/C16H32N2/c1-4-16(5-2,18-13-9-10-14-18)15-11-7-8-12-17(15)6-3/h15H,4-14H2,1-3H3. The highest BCUT2D eigenvalue weighted by molar-refractivity contribution is 5.02. The molecule has 2 aliphatic heterocycles. The number of piperidine rings is 1. The van der Waals surface area contributed by atoms with Crippen LogP contribution in [0.5, 0.6) is 0 Å². The van der Waals surface area contributed by atoms with Gasteiger partial charge >= 0.3 is 0 Å². The maximum absolute atomic E-state index is 2.84. The third-order valence-electron chi connectivity index (χ3n) is 5.60. The van der Waals surface area contributed by atoms with E-state index in [0.717, 1.165) is 6.04 Å². The van der Waals surface area contributed by atoms with Crippen LogP contribution in [0.4, 0.5) is 0 Å². The quantitative estimate of drug-likeness (QED) is 0.739. The number of hydrogen-bond acceptors (Lipinski definition) is 2. The predicted molar refractivity (Wildman–Crippen MR) is 79.0 cm³/mol. The van der Waals surface area contributed by atoms with Gasteiger partial charge in [0.2, 0.25) is 0 Å². The smallest absolute Gasteiger partial charge is 0.0359 e. The maximum Gasteiger partial charge on any atom is 0.0359 e. The van der Waals surface area contributed by atoms with E-state index in [1.54, 1.807) is 0 Å². The molecule has 2 fully saturated rings. The summed E-state index contributed by atoms with van der Waals surface area (Å²) in [6.07, 6.45) is 9.76. The fraction of sp³-hybridized carbons (Fsp3) is 1.00. The van der Waals surface area contributed by atoms with E-state index in [2.05, 4.69) is 30.6 Å². The van der Waals surface area contributed by atoms with Crippen molar-refractivity contribution in [2.45, 2.75) is 77.3 Å². The van der Waals surface area contributed by atoms with Crippen LogP contribution in [0, 0.1) is 0 Å². The van der Waals surface area contributed by atoms with Crippen LogP contribution < -0.4 is 0 Å². The topological polar surface area (TPSA) is 6.48 Å². The van der Waals surface area contributed by atoms with E-state index in [0.29, 0.717) is 5.54 Å². The molecule has 0 spiro atoms. The lowest BCUT2D eigenvalue weighted by molar-refractivity contribution is -0.0154. The van der Waals surface area contributed by atoms with Gasteiger partial charge in [-0.2, -0.15) is 0 Å². The molecule has 2 heterocycles. The Hall–Kier alpha value is -0.0800. The third kappa shape index (κ3) is 2.46. The normalized spacial score (nSPS) is 27.8. The van der Waals surface area contributed by atoms with Crippen LogP contribution in [-0.2, 0) is 0 Å². The van der Waals surface area contributed by atoms with Crippen LogP contribution in [0.25, 0.3) is 0 Å². The van der Waals surface area contributed by atoms with Gasteiger partial charge in [-0.15, -0.1) is 0 Å². The van der Waals surface area contributed by atoms with Crippen LogP contribution in [0.2, 0.25) is 0 Å². The van der Waals surface area contributed by atoms with Crippen molar-refractivity contribution in [2.75, 3.05) is 26.2 Å². The summed E-state index contributed by atoms with van der Waals surface area (Å²) >= 11 is 0. The fourth-order valence-electron chi connectivity index (χ4n) is 4.52. The summed E-state index contributed by atoms with van der Waals surface area (Å²) < 4.78 is 0. The Bertz CT molecular complexity index is 241.